The van der Waals surface area contributed by atoms with E-state index < -0.39 is 16.8 Å². The molecule has 0 amide bonds. The zero-order chi connectivity index (χ0) is 15.0. The predicted octanol–water partition coefficient (Wildman–Crippen LogP) is 2.22. The van der Waals surface area contributed by atoms with Gasteiger partial charge in [0.15, 0.2) is 5.79 Å². The minimum Gasteiger partial charge on any atom is -0.460 e. The molecule has 1 saturated carbocycles. The molecule has 0 aromatic carbocycles. The van der Waals surface area contributed by atoms with Crippen molar-refractivity contribution in [3.63, 3.8) is 0 Å². The molecule has 0 aromatic rings. The molecule has 0 radical (unpaired) electrons. The molecule has 2 aliphatic rings. The summed E-state index contributed by atoms with van der Waals surface area (Å²) in [5.41, 5.74) is -1.30. The van der Waals surface area contributed by atoms with Gasteiger partial charge in [-0.2, -0.15) is 0 Å². The fourth-order valence-electron chi connectivity index (χ4n) is 2.99. The monoisotopic (exact) mass is 284 g/mol. The summed E-state index contributed by atoms with van der Waals surface area (Å²) in [7, 11) is 0. The first kappa shape index (κ1) is 15.4. The van der Waals surface area contributed by atoms with Gasteiger partial charge in [-0.15, -0.1) is 0 Å². The van der Waals surface area contributed by atoms with Crippen LogP contribution >= 0.6 is 0 Å². The lowest BCUT2D eigenvalue weighted by Gasteiger charge is -2.41. The summed E-state index contributed by atoms with van der Waals surface area (Å²) >= 11 is 0. The van der Waals surface area contributed by atoms with Crippen LogP contribution in [-0.2, 0) is 23.8 Å². The number of esters is 1. The highest BCUT2D eigenvalue weighted by Crippen LogP contribution is 2.45. The Morgan fingerprint density at radius 3 is 2.45 bits per heavy atom. The molecular formula is C15H24O5. The standard InChI is InChI=1S/C15H24O5/c1-13(2,3)20-12(17)9-14(4)10-15(6-5-11(14)16)18-7-8-19-15/h5-10H2,1-4H3/t14-/m1/s1. The van der Waals surface area contributed by atoms with E-state index in [-0.39, 0.29) is 18.2 Å². The van der Waals surface area contributed by atoms with Crippen LogP contribution < -0.4 is 0 Å². The molecule has 2 rings (SSSR count). The average Bonchev–Trinajstić information content (AvgIpc) is 2.69. The highest BCUT2D eigenvalue weighted by atomic mass is 16.7. The molecule has 0 aromatic heterocycles. The molecule has 1 heterocycles. The molecule has 1 aliphatic heterocycles. The molecule has 0 N–H and O–H groups in total. The normalized spacial score (nSPS) is 29.7. The Labute approximate surface area is 120 Å². The van der Waals surface area contributed by atoms with Gasteiger partial charge in [-0.3, -0.25) is 9.59 Å². The van der Waals surface area contributed by atoms with Crippen LogP contribution in [0.5, 0.6) is 0 Å². The lowest BCUT2D eigenvalue weighted by atomic mass is 9.70. The number of ketones is 1. The third-order valence-corrected chi connectivity index (χ3v) is 3.83. The molecule has 114 valence electrons. The second-order valence-electron chi connectivity index (χ2n) is 7.03. The lowest BCUT2D eigenvalue weighted by Crippen LogP contribution is -2.47. The van der Waals surface area contributed by atoms with Crippen molar-refractivity contribution in [3.8, 4) is 0 Å². The van der Waals surface area contributed by atoms with Gasteiger partial charge in [-0.1, -0.05) is 6.92 Å². The number of ether oxygens (including phenoxy) is 3. The first-order valence-corrected chi connectivity index (χ1v) is 7.17. The van der Waals surface area contributed by atoms with Crippen molar-refractivity contribution >= 4 is 11.8 Å². The van der Waals surface area contributed by atoms with Gasteiger partial charge in [0, 0.05) is 24.7 Å². The van der Waals surface area contributed by atoms with Crippen molar-refractivity contribution < 1.29 is 23.8 Å². The summed E-state index contributed by atoms with van der Waals surface area (Å²) in [4.78, 5) is 24.3. The number of hydrogen-bond acceptors (Lipinski definition) is 5. The van der Waals surface area contributed by atoms with E-state index in [1.165, 1.54) is 0 Å². The van der Waals surface area contributed by atoms with Crippen LogP contribution in [0.4, 0.5) is 0 Å². The van der Waals surface area contributed by atoms with Crippen molar-refractivity contribution in [2.75, 3.05) is 13.2 Å². The lowest BCUT2D eigenvalue weighted by molar-refractivity contribution is -0.203. The van der Waals surface area contributed by atoms with Gasteiger partial charge in [0.25, 0.3) is 0 Å². The third-order valence-electron chi connectivity index (χ3n) is 3.83. The van der Waals surface area contributed by atoms with E-state index in [4.69, 9.17) is 14.2 Å². The first-order chi connectivity index (χ1) is 9.14. The Hall–Kier alpha value is -0.940. The Morgan fingerprint density at radius 2 is 1.90 bits per heavy atom. The molecule has 20 heavy (non-hydrogen) atoms. The second kappa shape index (κ2) is 5.11. The Balaban J connectivity index is 2.06. The summed E-state index contributed by atoms with van der Waals surface area (Å²) in [5.74, 6) is -0.929. The van der Waals surface area contributed by atoms with Gasteiger partial charge in [0.05, 0.1) is 19.6 Å². The zero-order valence-electron chi connectivity index (χ0n) is 12.8. The summed E-state index contributed by atoms with van der Waals surface area (Å²) in [5, 5.41) is 0. The second-order valence-corrected chi connectivity index (χ2v) is 7.03. The maximum Gasteiger partial charge on any atom is 0.307 e. The fraction of sp³-hybridized carbons (Fsp3) is 0.867. The van der Waals surface area contributed by atoms with E-state index in [1.807, 2.05) is 27.7 Å². The number of Topliss-reactive ketones (excluding diaryl/α,β-unsaturated/α-hetero) is 1. The SMILES string of the molecule is CC(C)(C)OC(=O)C[C@]1(C)CC2(CCC1=O)OCCO2. The van der Waals surface area contributed by atoms with Crippen LogP contribution in [0.25, 0.3) is 0 Å². The van der Waals surface area contributed by atoms with Crippen molar-refractivity contribution in [2.45, 2.75) is 64.8 Å². The molecule has 1 saturated heterocycles. The van der Waals surface area contributed by atoms with Gasteiger partial charge in [-0.25, -0.2) is 0 Å². The van der Waals surface area contributed by atoms with Crippen LogP contribution in [0.3, 0.4) is 0 Å². The van der Waals surface area contributed by atoms with Crippen LogP contribution in [0.1, 0.15) is 53.4 Å². The molecule has 0 unspecified atom stereocenters. The quantitative estimate of drug-likeness (QED) is 0.728. The summed E-state index contributed by atoms with van der Waals surface area (Å²) in [6, 6.07) is 0. The van der Waals surface area contributed by atoms with Crippen LogP contribution in [-0.4, -0.2) is 36.4 Å². The van der Waals surface area contributed by atoms with Crippen LogP contribution in [0.2, 0.25) is 0 Å². The smallest absolute Gasteiger partial charge is 0.307 e. The summed E-state index contributed by atoms with van der Waals surface area (Å²) in [6.07, 6.45) is 1.48. The van der Waals surface area contributed by atoms with Crippen LogP contribution in [0.15, 0.2) is 0 Å². The van der Waals surface area contributed by atoms with Gasteiger partial charge < -0.3 is 14.2 Å². The predicted molar refractivity (Wildman–Crippen MR) is 72.1 cm³/mol. The third kappa shape index (κ3) is 3.38. The number of carbonyl (C=O) groups excluding carboxylic acids is 2. The molecule has 1 aliphatic carbocycles. The van der Waals surface area contributed by atoms with E-state index in [2.05, 4.69) is 0 Å². The summed E-state index contributed by atoms with van der Waals surface area (Å²) in [6.45, 7) is 8.38. The van der Waals surface area contributed by atoms with E-state index in [0.717, 1.165) is 0 Å². The van der Waals surface area contributed by atoms with Gasteiger partial charge in [0.1, 0.15) is 11.4 Å². The van der Waals surface area contributed by atoms with Gasteiger partial charge >= 0.3 is 5.97 Å². The van der Waals surface area contributed by atoms with E-state index in [1.54, 1.807) is 0 Å². The highest BCUT2D eigenvalue weighted by Gasteiger charge is 2.51. The first-order valence-electron chi connectivity index (χ1n) is 7.17. The Morgan fingerprint density at radius 1 is 1.30 bits per heavy atom. The largest absolute Gasteiger partial charge is 0.460 e. The van der Waals surface area contributed by atoms with Crippen molar-refractivity contribution in [2.24, 2.45) is 5.41 Å². The van der Waals surface area contributed by atoms with Crippen LogP contribution in [0, 0.1) is 5.41 Å². The maximum absolute atomic E-state index is 12.2. The van der Waals surface area contributed by atoms with E-state index in [0.29, 0.717) is 32.5 Å². The maximum atomic E-state index is 12.2. The molecule has 1 spiro atoms. The molecule has 5 heteroatoms. The number of rotatable bonds is 2. The number of hydrogen-bond donors (Lipinski definition) is 0. The van der Waals surface area contributed by atoms with Crippen molar-refractivity contribution in [3.05, 3.63) is 0 Å². The van der Waals surface area contributed by atoms with E-state index >= 15 is 0 Å². The molecule has 1 atom stereocenters. The van der Waals surface area contributed by atoms with Crippen molar-refractivity contribution in [1.82, 2.24) is 0 Å². The van der Waals surface area contributed by atoms with Crippen molar-refractivity contribution in [1.29, 1.82) is 0 Å². The molecule has 0 bridgehead atoms. The molecule has 5 nitrogen and oxygen atoms in total. The highest BCUT2D eigenvalue weighted by molar-refractivity contribution is 5.89. The Bertz CT molecular complexity index is 403. The molecule has 2 fully saturated rings. The van der Waals surface area contributed by atoms with Gasteiger partial charge in [-0.05, 0) is 20.8 Å². The summed E-state index contributed by atoms with van der Waals surface area (Å²) < 4.78 is 16.7. The Kier molecular flexibility index (Phi) is 3.95. The topological polar surface area (TPSA) is 61.8 Å². The zero-order valence-corrected chi connectivity index (χ0v) is 12.8. The average molecular weight is 284 g/mol. The van der Waals surface area contributed by atoms with Gasteiger partial charge in [0.2, 0.25) is 0 Å². The molecular weight excluding hydrogens is 260 g/mol. The fourth-order valence-corrected chi connectivity index (χ4v) is 2.99. The minimum absolute atomic E-state index is 0.0809. The minimum atomic E-state index is -0.759. The number of carbonyl (C=O) groups is 2. The van der Waals surface area contributed by atoms with E-state index in [9.17, 15) is 9.59 Å².